The fourth-order valence-corrected chi connectivity index (χ4v) is 4.38. The summed E-state index contributed by atoms with van der Waals surface area (Å²) in [6, 6.07) is 30.5. The summed E-state index contributed by atoms with van der Waals surface area (Å²) in [5.41, 5.74) is 0.915. The highest BCUT2D eigenvalue weighted by Crippen LogP contribution is 2.42. The van der Waals surface area contributed by atoms with E-state index in [1.165, 1.54) is 0 Å². The topological polar surface area (TPSA) is 47.9 Å². The summed E-state index contributed by atoms with van der Waals surface area (Å²) in [5, 5.41) is 11.6. The van der Waals surface area contributed by atoms with Crippen LogP contribution in [0.25, 0.3) is 0 Å². The van der Waals surface area contributed by atoms with E-state index in [1.807, 2.05) is 75.4 Å². The summed E-state index contributed by atoms with van der Waals surface area (Å²) < 4.78 is 18.6. The first-order valence-corrected chi connectivity index (χ1v) is 11.2. The molecule has 0 aromatic heterocycles. The third-order valence-electron chi connectivity index (χ3n) is 6.30. The van der Waals surface area contributed by atoms with Crippen LogP contribution in [-0.4, -0.2) is 35.8 Å². The molecule has 1 aliphatic heterocycles. The van der Waals surface area contributed by atoms with Crippen molar-refractivity contribution in [1.82, 2.24) is 0 Å². The van der Waals surface area contributed by atoms with Crippen LogP contribution in [0.3, 0.4) is 0 Å². The van der Waals surface area contributed by atoms with Crippen LogP contribution in [0.5, 0.6) is 0 Å². The van der Waals surface area contributed by atoms with E-state index in [0.29, 0.717) is 13.0 Å². The summed E-state index contributed by atoms with van der Waals surface area (Å²) in [6.07, 6.45) is 0.00785. The predicted octanol–water partition coefficient (Wildman–Crippen LogP) is 5.29. The van der Waals surface area contributed by atoms with Gasteiger partial charge in [-0.15, -0.1) is 0 Å². The first-order chi connectivity index (χ1) is 15.4. The first-order valence-electron chi connectivity index (χ1n) is 11.2. The van der Waals surface area contributed by atoms with Crippen molar-refractivity contribution >= 4 is 0 Å². The zero-order valence-corrected chi connectivity index (χ0v) is 19.0. The van der Waals surface area contributed by atoms with Crippen LogP contribution in [0, 0.1) is 0 Å². The standard InChI is InChI=1S/C28H32O4/c1-4-27(29,25-20-30-26(2,3)32-25)21-31-28(22-14-8-5-9-15-22,23-16-10-6-11-17-23)24-18-12-7-13-19-24/h5-19,25,29H,4,20-21H2,1-3H3/t25-,27-/m0/s1. The van der Waals surface area contributed by atoms with Gasteiger partial charge in [-0.25, -0.2) is 0 Å². The second-order valence-corrected chi connectivity index (χ2v) is 8.84. The average molecular weight is 433 g/mol. The third-order valence-corrected chi connectivity index (χ3v) is 6.30. The van der Waals surface area contributed by atoms with Crippen molar-refractivity contribution in [3.8, 4) is 0 Å². The van der Waals surface area contributed by atoms with Crippen LogP contribution in [-0.2, 0) is 19.8 Å². The van der Waals surface area contributed by atoms with E-state index in [9.17, 15) is 5.11 Å². The van der Waals surface area contributed by atoms with Crippen molar-refractivity contribution in [2.24, 2.45) is 0 Å². The lowest BCUT2D eigenvalue weighted by Crippen LogP contribution is -2.50. The van der Waals surface area contributed by atoms with Crippen LogP contribution < -0.4 is 0 Å². The molecule has 4 nitrogen and oxygen atoms in total. The zero-order chi connectivity index (χ0) is 22.7. The predicted molar refractivity (Wildman–Crippen MR) is 125 cm³/mol. The minimum atomic E-state index is -1.20. The summed E-state index contributed by atoms with van der Waals surface area (Å²) >= 11 is 0. The highest BCUT2D eigenvalue weighted by molar-refractivity contribution is 5.47. The molecule has 1 aliphatic rings. The van der Waals surface area contributed by atoms with E-state index >= 15 is 0 Å². The van der Waals surface area contributed by atoms with Gasteiger partial charge in [0.25, 0.3) is 0 Å². The van der Waals surface area contributed by atoms with E-state index in [2.05, 4.69) is 36.4 Å². The van der Waals surface area contributed by atoms with Crippen molar-refractivity contribution < 1.29 is 19.3 Å². The quantitative estimate of drug-likeness (QED) is 0.492. The maximum absolute atomic E-state index is 11.6. The van der Waals surface area contributed by atoms with Crippen LogP contribution in [0.2, 0.25) is 0 Å². The Morgan fingerprint density at radius 3 is 1.62 bits per heavy atom. The Bertz CT molecular complexity index is 891. The van der Waals surface area contributed by atoms with E-state index in [4.69, 9.17) is 14.2 Å². The Hall–Kier alpha value is -2.50. The molecular formula is C28H32O4. The monoisotopic (exact) mass is 432 g/mol. The Morgan fingerprint density at radius 2 is 1.28 bits per heavy atom. The van der Waals surface area contributed by atoms with Crippen molar-refractivity contribution in [2.75, 3.05) is 13.2 Å². The molecule has 4 rings (SSSR count). The minimum absolute atomic E-state index is 0.0896. The SMILES string of the molecule is CC[C@](O)(COC(c1ccccc1)(c1ccccc1)c1ccccc1)[C@@H]1COC(C)(C)O1. The Labute approximate surface area is 190 Å². The number of rotatable bonds is 8. The maximum atomic E-state index is 11.6. The largest absolute Gasteiger partial charge is 0.385 e. The molecule has 0 aliphatic carbocycles. The molecule has 0 spiro atoms. The van der Waals surface area contributed by atoms with Gasteiger partial charge < -0.3 is 19.3 Å². The van der Waals surface area contributed by atoms with Gasteiger partial charge in [0.05, 0.1) is 13.2 Å². The van der Waals surface area contributed by atoms with Gasteiger partial charge in [-0.2, -0.15) is 0 Å². The van der Waals surface area contributed by atoms with E-state index in [-0.39, 0.29) is 6.61 Å². The van der Waals surface area contributed by atoms with Gasteiger partial charge in [0.15, 0.2) is 5.79 Å². The van der Waals surface area contributed by atoms with Gasteiger partial charge in [-0.1, -0.05) is 97.9 Å². The molecular weight excluding hydrogens is 400 g/mol. The highest BCUT2D eigenvalue weighted by Gasteiger charge is 2.48. The fraction of sp³-hybridized carbons (Fsp3) is 0.357. The summed E-state index contributed by atoms with van der Waals surface area (Å²) in [4.78, 5) is 0. The van der Waals surface area contributed by atoms with Crippen LogP contribution in [0.15, 0.2) is 91.0 Å². The normalized spacial score (nSPS) is 20.1. The van der Waals surface area contributed by atoms with E-state index in [1.54, 1.807) is 0 Å². The number of aliphatic hydroxyl groups is 1. The third kappa shape index (κ3) is 4.37. The molecule has 3 aromatic rings. The second kappa shape index (κ2) is 9.16. The molecule has 168 valence electrons. The summed E-state index contributed by atoms with van der Waals surface area (Å²) in [6.45, 7) is 6.10. The van der Waals surface area contributed by atoms with Crippen LogP contribution >= 0.6 is 0 Å². The number of hydrogen-bond donors (Lipinski definition) is 1. The smallest absolute Gasteiger partial charge is 0.163 e. The lowest BCUT2D eigenvalue weighted by atomic mass is 9.79. The van der Waals surface area contributed by atoms with Crippen molar-refractivity contribution in [2.45, 2.75) is 50.3 Å². The zero-order valence-electron chi connectivity index (χ0n) is 19.0. The Kier molecular flexibility index (Phi) is 6.50. The lowest BCUT2D eigenvalue weighted by molar-refractivity contribution is -0.190. The molecule has 2 atom stereocenters. The van der Waals surface area contributed by atoms with Gasteiger partial charge in [0.1, 0.15) is 17.3 Å². The van der Waals surface area contributed by atoms with Gasteiger partial charge in [-0.3, -0.25) is 0 Å². The number of benzene rings is 3. The molecule has 0 amide bonds. The second-order valence-electron chi connectivity index (χ2n) is 8.84. The molecule has 0 unspecified atom stereocenters. The molecule has 0 saturated carbocycles. The van der Waals surface area contributed by atoms with Gasteiger partial charge in [0.2, 0.25) is 0 Å². The molecule has 1 fully saturated rings. The Morgan fingerprint density at radius 1 is 0.844 bits per heavy atom. The van der Waals surface area contributed by atoms with Gasteiger partial charge >= 0.3 is 0 Å². The molecule has 0 radical (unpaired) electrons. The van der Waals surface area contributed by atoms with E-state index in [0.717, 1.165) is 16.7 Å². The van der Waals surface area contributed by atoms with Gasteiger partial charge in [-0.05, 0) is 37.0 Å². The molecule has 32 heavy (non-hydrogen) atoms. The first kappa shape index (κ1) is 22.7. The van der Waals surface area contributed by atoms with Crippen molar-refractivity contribution in [3.05, 3.63) is 108 Å². The van der Waals surface area contributed by atoms with E-state index < -0.39 is 23.1 Å². The summed E-state index contributed by atoms with van der Waals surface area (Å²) in [5.74, 6) is -0.719. The van der Waals surface area contributed by atoms with Crippen molar-refractivity contribution in [1.29, 1.82) is 0 Å². The minimum Gasteiger partial charge on any atom is -0.385 e. The Balaban J connectivity index is 1.79. The molecule has 3 aromatic carbocycles. The number of hydrogen-bond acceptors (Lipinski definition) is 4. The van der Waals surface area contributed by atoms with Crippen LogP contribution in [0.1, 0.15) is 43.9 Å². The maximum Gasteiger partial charge on any atom is 0.163 e. The molecule has 1 saturated heterocycles. The average Bonchev–Trinajstić information content (AvgIpc) is 3.22. The van der Waals surface area contributed by atoms with Crippen molar-refractivity contribution in [3.63, 3.8) is 0 Å². The van der Waals surface area contributed by atoms with Crippen LogP contribution in [0.4, 0.5) is 0 Å². The highest BCUT2D eigenvalue weighted by atomic mass is 16.7. The molecule has 1 heterocycles. The molecule has 4 heteroatoms. The summed E-state index contributed by atoms with van der Waals surface area (Å²) in [7, 11) is 0. The fourth-order valence-electron chi connectivity index (χ4n) is 4.38. The van der Waals surface area contributed by atoms with Gasteiger partial charge in [0, 0.05) is 0 Å². The molecule has 0 bridgehead atoms. The number of ether oxygens (including phenoxy) is 3. The molecule has 1 N–H and O–H groups in total. The lowest BCUT2D eigenvalue weighted by Gasteiger charge is -2.40.